The number of ether oxygens (including phenoxy) is 1. The predicted octanol–water partition coefficient (Wildman–Crippen LogP) is 2.94. The van der Waals surface area contributed by atoms with Gasteiger partial charge in [0.2, 0.25) is 0 Å². The van der Waals surface area contributed by atoms with E-state index < -0.39 is 5.97 Å². The van der Waals surface area contributed by atoms with Crippen LogP contribution >= 0.6 is 22.6 Å². The number of benzene rings is 1. The van der Waals surface area contributed by atoms with Crippen LogP contribution in [0.4, 0.5) is 4.39 Å². The van der Waals surface area contributed by atoms with Crippen molar-refractivity contribution in [2.24, 2.45) is 0 Å². The minimum atomic E-state index is -0.430. The summed E-state index contributed by atoms with van der Waals surface area (Å²) in [5.74, 6) is -0.735. The molecule has 2 aromatic rings. The van der Waals surface area contributed by atoms with Crippen LogP contribution < -0.4 is 0 Å². The van der Waals surface area contributed by atoms with Crippen molar-refractivity contribution in [2.45, 2.75) is 6.92 Å². The molecule has 0 aliphatic carbocycles. The Morgan fingerprint density at radius 2 is 1.81 bits per heavy atom. The maximum atomic E-state index is 12.9. The number of aromatic amines is 1. The Morgan fingerprint density at radius 1 is 1.29 bits per heavy atom. The Hall–Kier alpha value is -1.99. The Bertz CT molecular complexity index is 673. The first kappa shape index (κ1) is 17.1. The molecule has 0 bridgehead atoms. The summed E-state index contributed by atoms with van der Waals surface area (Å²) >= 11 is 2.12. The minimum Gasteiger partial charge on any atom is -0.464 e. The molecule has 0 amide bonds. The van der Waals surface area contributed by atoms with E-state index in [9.17, 15) is 9.18 Å². The van der Waals surface area contributed by atoms with Gasteiger partial charge in [-0.05, 0) is 52.8 Å². The molecule has 1 heterocycles. The molecular weight excluding hydrogens is 392 g/mol. The first-order chi connectivity index (χ1) is 9.96. The molecule has 0 spiro atoms. The SMILES string of the molecule is COC(=O)c1[nH]c(I)c(C)c1-c1ccc(F)cc1.O=C=O. The van der Waals surface area contributed by atoms with Gasteiger partial charge in [-0.25, -0.2) is 9.18 Å². The normalized spacial score (nSPS) is 9.33. The highest BCUT2D eigenvalue weighted by atomic mass is 127. The van der Waals surface area contributed by atoms with E-state index in [1.165, 1.54) is 19.2 Å². The molecule has 1 aromatic heterocycles. The van der Waals surface area contributed by atoms with Gasteiger partial charge in [0.1, 0.15) is 11.5 Å². The molecule has 7 heteroatoms. The molecule has 1 aromatic carbocycles. The maximum Gasteiger partial charge on any atom is 0.373 e. The lowest BCUT2D eigenvalue weighted by molar-refractivity contribution is -0.191. The van der Waals surface area contributed by atoms with Crippen molar-refractivity contribution in [2.75, 3.05) is 7.11 Å². The average molecular weight is 403 g/mol. The van der Waals surface area contributed by atoms with Crippen molar-refractivity contribution in [3.63, 3.8) is 0 Å². The van der Waals surface area contributed by atoms with Gasteiger partial charge >= 0.3 is 12.1 Å². The van der Waals surface area contributed by atoms with E-state index in [2.05, 4.69) is 27.6 Å². The van der Waals surface area contributed by atoms with Gasteiger partial charge in [-0.15, -0.1) is 0 Å². The molecule has 2 rings (SSSR count). The van der Waals surface area contributed by atoms with Crippen LogP contribution in [0.1, 0.15) is 16.1 Å². The van der Waals surface area contributed by atoms with Crippen LogP contribution in [0.2, 0.25) is 0 Å². The molecule has 0 saturated heterocycles. The fraction of sp³-hybridized carbons (Fsp3) is 0.143. The lowest BCUT2D eigenvalue weighted by Crippen LogP contribution is -2.03. The van der Waals surface area contributed by atoms with Gasteiger partial charge in [-0.2, -0.15) is 9.59 Å². The van der Waals surface area contributed by atoms with Crippen LogP contribution in [-0.4, -0.2) is 24.2 Å². The van der Waals surface area contributed by atoms with Crippen LogP contribution in [0.5, 0.6) is 0 Å². The highest BCUT2D eigenvalue weighted by molar-refractivity contribution is 14.1. The summed E-state index contributed by atoms with van der Waals surface area (Å²) in [6, 6.07) is 6.04. The van der Waals surface area contributed by atoms with Crippen LogP contribution in [0, 0.1) is 16.4 Å². The number of nitrogens with one attached hydrogen (secondary N) is 1. The van der Waals surface area contributed by atoms with E-state index in [4.69, 9.17) is 14.3 Å². The number of rotatable bonds is 2. The fourth-order valence-corrected chi connectivity index (χ4v) is 2.34. The molecule has 0 aliphatic rings. The molecule has 0 fully saturated rings. The molecular formula is C14H11FINO4. The van der Waals surface area contributed by atoms with Crippen molar-refractivity contribution in [1.29, 1.82) is 0 Å². The quantitative estimate of drug-likeness (QED) is 0.618. The van der Waals surface area contributed by atoms with E-state index in [1.807, 2.05) is 6.92 Å². The van der Waals surface area contributed by atoms with E-state index in [1.54, 1.807) is 12.1 Å². The van der Waals surface area contributed by atoms with Crippen LogP contribution in [-0.2, 0) is 14.3 Å². The molecule has 0 saturated carbocycles. The van der Waals surface area contributed by atoms with E-state index in [0.29, 0.717) is 5.69 Å². The van der Waals surface area contributed by atoms with Gasteiger partial charge in [-0.3, -0.25) is 0 Å². The Balaban J connectivity index is 0.000000677. The monoisotopic (exact) mass is 403 g/mol. The summed E-state index contributed by atoms with van der Waals surface area (Å²) in [5, 5.41) is 0. The number of esters is 1. The number of carbonyl (C=O) groups excluding carboxylic acids is 3. The highest BCUT2D eigenvalue weighted by Crippen LogP contribution is 2.31. The fourth-order valence-electron chi connectivity index (χ4n) is 1.80. The minimum absolute atomic E-state index is 0.250. The van der Waals surface area contributed by atoms with Crippen molar-refractivity contribution >= 4 is 34.7 Å². The van der Waals surface area contributed by atoms with Gasteiger partial charge in [0.05, 0.1) is 10.8 Å². The smallest absolute Gasteiger partial charge is 0.373 e. The summed E-state index contributed by atoms with van der Waals surface area (Å²) in [4.78, 5) is 31.0. The standard InChI is InChI=1S/C13H11FINO2.CO2/c1-7-10(8-3-5-9(14)6-4-8)11(13(17)18-2)16-12(7)15;2-1-3/h3-6,16H,1-2H3;. The third-order valence-electron chi connectivity index (χ3n) is 2.71. The summed E-state index contributed by atoms with van der Waals surface area (Å²) in [6.07, 6.45) is 0.250. The van der Waals surface area contributed by atoms with Crippen LogP contribution in [0.15, 0.2) is 24.3 Å². The maximum absolute atomic E-state index is 12.9. The molecule has 110 valence electrons. The summed E-state index contributed by atoms with van der Waals surface area (Å²) in [5.41, 5.74) is 2.88. The molecule has 0 unspecified atom stereocenters. The first-order valence-electron chi connectivity index (χ1n) is 5.67. The number of methoxy groups -OCH3 is 1. The summed E-state index contributed by atoms with van der Waals surface area (Å²) in [6.45, 7) is 1.91. The second kappa shape index (κ2) is 7.70. The number of H-pyrrole nitrogens is 1. The van der Waals surface area contributed by atoms with Gasteiger partial charge in [0, 0.05) is 5.56 Å². The molecule has 0 atom stereocenters. The zero-order valence-corrected chi connectivity index (χ0v) is 13.4. The molecule has 21 heavy (non-hydrogen) atoms. The second-order valence-electron chi connectivity index (χ2n) is 3.90. The lowest BCUT2D eigenvalue weighted by Gasteiger charge is -2.04. The van der Waals surface area contributed by atoms with Crippen molar-refractivity contribution in [3.8, 4) is 11.1 Å². The van der Waals surface area contributed by atoms with Crippen LogP contribution in [0.3, 0.4) is 0 Å². The van der Waals surface area contributed by atoms with Crippen molar-refractivity contribution < 1.29 is 23.5 Å². The Labute approximate surface area is 133 Å². The first-order valence-corrected chi connectivity index (χ1v) is 6.75. The number of aromatic nitrogens is 1. The Kier molecular flexibility index (Phi) is 6.26. The largest absolute Gasteiger partial charge is 0.464 e. The van der Waals surface area contributed by atoms with Gasteiger partial charge in [0.15, 0.2) is 0 Å². The number of hydrogen-bond donors (Lipinski definition) is 1. The number of halogens is 2. The zero-order chi connectivity index (χ0) is 16.0. The zero-order valence-electron chi connectivity index (χ0n) is 11.2. The van der Waals surface area contributed by atoms with Gasteiger partial charge < -0.3 is 9.72 Å². The van der Waals surface area contributed by atoms with Gasteiger partial charge in [0.25, 0.3) is 0 Å². The third kappa shape index (κ3) is 3.99. The Morgan fingerprint density at radius 3 is 2.29 bits per heavy atom. The highest BCUT2D eigenvalue weighted by Gasteiger charge is 2.20. The molecule has 5 nitrogen and oxygen atoms in total. The number of carbonyl (C=O) groups is 1. The van der Waals surface area contributed by atoms with Crippen LogP contribution in [0.25, 0.3) is 11.1 Å². The number of hydrogen-bond acceptors (Lipinski definition) is 4. The topological polar surface area (TPSA) is 76.2 Å². The second-order valence-corrected chi connectivity index (χ2v) is 4.97. The van der Waals surface area contributed by atoms with Crippen molar-refractivity contribution in [1.82, 2.24) is 4.98 Å². The summed E-state index contributed by atoms with van der Waals surface area (Å²) < 4.78 is 18.5. The van der Waals surface area contributed by atoms with Gasteiger partial charge in [-0.1, -0.05) is 12.1 Å². The molecule has 1 N–H and O–H groups in total. The predicted molar refractivity (Wildman–Crippen MR) is 80.0 cm³/mol. The third-order valence-corrected chi connectivity index (χ3v) is 3.79. The van der Waals surface area contributed by atoms with E-state index in [0.717, 1.165) is 20.4 Å². The molecule has 0 aliphatic heterocycles. The van der Waals surface area contributed by atoms with E-state index >= 15 is 0 Å². The van der Waals surface area contributed by atoms with E-state index in [-0.39, 0.29) is 12.0 Å². The summed E-state index contributed by atoms with van der Waals surface area (Å²) in [7, 11) is 1.33. The van der Waals surface area contributed by atoms with Crippen molar-refractivity contribution in [3.05, 3.63) is 45.0 Å². The lowest BCUT2D eigenvalue weighted by atomic mass is 10.0. The molecule has 0 radical (unpaired) electrons. The average Bonchev–Trinajstić information content (AvgIpc) is 2.76.